The number of hydrogen-bond acceptors (Lipinski definition) is 10. The van der Waals surface area contributed by atoms with E-state index in [0.29, 0.717) is 12.8 Å². The lowest BCUT2D eigenvalue weighted by Crippen LogP contribution is -2.55. The van der Waals surface area contributed by atoms with Crippen molar-refractivity contribution in [3.63, 3.8) is 0 Å². The first-order valence-electron chi connectivity index (χ1n) is 23.9. The van der Waals surface area contributed by atoms with Crippen LogP contribution in [-0.2, 0) is 33.3 Å². The summed E-state index contributed by atoms with van der Waals surface area (Å²) in [6.07, 6.45) is 9.06. The van der Waals surface area contributed by atoms with Crippen LogP contribution < -0.4 is 5.32 Å². The molecule has 10 atom stereocenters. The van der Waals surface area contributed by atoms with E-state index in [1.807, 2.05) is 49.9 Å². The summed E-state index contributed by atoms with van der Waals surface area (Å²) in [5.74, 6) is 0.408. The summed E-state index contributed by atoms with van der Waals surface area (Å²) in [5.41, 5.74) is 5.79. The standard InChI is InChI=1S/C51H67N7O8/c1-28-9-19-43(57(28)49(60)40(25-45(59)63-7)38-21-30(3)65-31(4)22-38)47-52-26-41(54-47)36-15-11-34(12-16-36)35-13-17-37(18-14-35)42-27-53-48(55-42)44-20-10-29(2)58(44)50(61)46(56-51(62)64-8)39-23-32(5)66-33(6)24-39/h11-18,26-33,38-40,43-44,46H,9-10,19-25H2,1-8H3,(H,52,54)(H,53,55)(H,56,62)/t28-,29-,30+,31+,32+,33+,40-,43-,44-,46-/m0/s1. The number of amides is 3. The maximum atomic E-state index is 14.5. The molecule has 0 unspecified atom stereocenters. The van der Waals surface area contributed by atoms with Crippen LogP contribution in [0, 0.1) is 17.8 Å². The predicted octanol–water partition coefficient (Wildman–Crippen LogP) is 8.55. The number of likely N-dealkylation sites (tertiary alicyclic amines) is 2. The molecule has 3 N–H and O–H groups in total. The van der Waals surface area contributed by atoms with Crippen LogP contribution in [0.3, 0.4) is 0 Å². The van der Waals surface area contributed by atoms with E-state index in [1.54, 1.807) is 0 Å². The van der Waals surface area contributed by atoms with Gasteiger partial charge in [-0.15, -0.1) is 0 Å². The molecule has 0 radical (unpaired) electrons. The first kappa shape index (κ1) is 47.0. The second-order valence-electron chi connectivity index (χ2n) is 19.4. The highest BCUT2D eigenvalue weighted by molar-refractivity contribution is 5.87. The normalized spacial score (nSPS) is 28.7. The van der Waals surface area contributed by atoms with Crippen molar-refractivity contribution in [3.05, 3.63) is 72.6 Å². The van der Waals surface area contributed by atoms with Crippen molar-refractivity contribution in [3.8, 4) is 33.6 Å². The predicted molar refractivity (Wildman–Crippen MR) is 249 cm³/mol. The van der Waals surface area contributed by atoms with E-state index < -0.39 is 18.1 Å². The van der Waals surface area contributed by atoms with Crippen LogP contribution in [0.15, 0.2) is 60.9 Å². The molecule has 354 valence electrons. The Morgan fingerprint density at radius 2 is 1.05 bits per heavy atom. The maximum absolute atomic E-state index is 14.5. The molecule has 0 bridgehead atoms. The van der Waals surface area contributed by atoms with E-state index in [2.05, 4.69) is 77.7 Å². The Labute approximate surface area is 388 Å². The molecule has 4 aromatic rings. The number of nitrogens with one attached hydrogen (secondary N) is 3. The molecule has 0 aliphatic carbocycles. The summed E-state index contributed by atoms with van der Waals surface area (Å²) in [5, 5.41) is 2.88. The van der Waals surface area contributed by atoms with Crippen molar-refractivity contribution in [1.82, 2.24) is 35.1 Å². The average Bonchev–Trinajstić information content (AvgIpc) is 4.13. The zero-order chi connectivity index (χ0) is 46.8. The van der Waals surface area contributed by atoms with Gasteiger partial charge < -0.3 is 44.0 Å². The number of hydrogen-bond donors (Lipinski definition) is 3. The zero-order valence-electron chi connectivity index (χ0n) is 39.6. The van der Waals surface area contributed by atoms with Crippen LogP contribution in [0.5, 0.6) is 0 Å². The number of benzene rings is 2. The smallest absolute Gasteiger partial charge is 0.407 e. The summed E-state index contributed by atoms with van der Waals surface area (Å²) in [7, 11) is 2.69. The summed E-state index contributed by atoms with van der Waals surface area (Å²) in [6, 6.07) is 15.4. The molecular formula is C51H67N7O8. The van der Waals surface area contributed by atoms with Crippen LogP contribution in [0.1, 0.15) is 123 Å². The maximum Gasteiger partial charge on any atom is 0.407 e. The molecule has 4 aliphatic rings. The molecule has 2 aromatic heterocycles. The van der Waals surface area contributed by atoms with Gasteiger partial charge in [0.15, 0.2) is 0 Å². The lowest BCUT2D eigenvalue weighted by molar-refractivity contribution is -0.153. The lowest BCUT2D eigenvalue weighted by atomic mass is 9.79. The first-order valence-corrected chi connectivity index (χ1v) is 23.9. The highest BCUT2D eigenvalue weighted by Crippen LogP contribution is 2.42. The minimum absolute atomic E-state index is 0.0101. The molecule has 4 aliphatic heterocycles. The molecule has 2 aromatic carbocycles. The van der Waals surface area contributed by atoms with E-state index in [1.165, 1.54) is 14.2 Å². The molecule has 8 rings (SSSR count). The SMILES string of the molecule is COC(=O)C[C@H](C(=O)N1[C@@H](C)CC[C@H]1c1ncc(-c2ccc(-c3ccc(-c4cnc([C@@H]5CC[C@H](C)N5C(=O)[C@@H](NC(=O)OC)C5C[C@@H](C)O[C@H](C)C5)[nH]4)cc3)cc2)[nH]1)C1C[C@@H](C)O[C@H](C)C1. The number of carbonyl (C=O) groups is 4. The van der Waals surface area contributed by atoms with Crippen LogP contribution in [0.4, 0.5) is 4.79 Å². The summed E-state index contributed by atoms with van der Waals surface area (Å²) >= 11 is 0. The minimum Gasteiger partial charge on any atom is -0.469 e. The molecule has 0 saturated carbocycles. The number of imidazole rings is 2. The summed E-state index contributed by atoms with van der Waals surface area (Å²) < 4.78 is 22.0. The van der Waals surface area contributed by atoms with Crippen molar-refractivity contribution in [2.24, 2.45) is 17.8 Å². The molecule has 3 amide bonds. The third-order valence-electron chi connectivity index (χ3n) is 14.6. The van der Waals surface area contributed by atoms with Gasteiger partial charge in [-0.1, -0.05) is 48.5 Å². The van der Waals surface area contributed by atoms with Crippen LogP contribution >= 0.6 is 0 Å². The number of rotatable bonds is 12. The van der Waals surface area contributed by atoms with Crippen LogP contribution in [-0.4, -0.2) is 110 Å². The van der Waals surface area contributed by atoms with Crippen LogP contribution in [0.2, 0.25) is 0 Å². The largest absolute Gasteiger partial charge is 0.469 e. The van der Waals surface area contributed by atoms with E-state index in [0.717, 1.165) is 83.8 Å². The van der Waals surface area contributed by atoms with E-state index >= 15 is 0 Å². The molecule has 6 heterocycles. The molecule has 15 nitrogen and oxygen atoms in total. The number of H-pyrrole nitrogens is 2. The van der Waals surface area contributed by atoms with Gasteiger partial charge in [-0.05, 0) is 127 Å². The van der Waals surface area contributed by atoms with Gasteiger partial charge in [0.25, 0.3) is 0 Å². The molecule has 4 saturated heterocycles. The fourth-order valence-corrected chi connectivity index (χ4v) is 11.4. The number of ether oxygens (including phenoxy) is 4. The van der Waals surface area contributed by atoms with Gasteiger partial charge in [-0.3, -0.25) is 14.4 Å². The lowest BCUT2D eigenvalue weighted by Gasteiger charge is -2.39. The molecule has 4 fully saturated rings. The second kappa shape index (κ2) is 20.1. The van der Waals surface area contributed by atoms with Gasteiger partial charge in [-0.2, -0.15) is 0 Å². The third kappa shape index (κ3) is 10.1. The summed E-state index contributed by atoms with van der Waals surface area (Å²) in [4.78, 5) is 74.6. The van der Waals surface area contributed by atoms with Crippen molar-refractivity contribution in [1.29, 1.82) is 0 Å². The van der Waals surface area contributed by atoms with Gasteiger partial charge in [0, 0.05) is 12.1 Å². The van der Waals surface area contributed by atoms with Crippen molar-refractivity contribution >= 4 is 23.9 Å². The highest BCUT2D eigenvalue weighted by atomic mass is 16.5. The highest BCUT2D eigenvalue weighted by Gasteiger charge is 2.46. The number of nitrogens with zero attached hydrogens (tertiary/aromatic N) is 4. The number of aromatic amines is 2. The quantitative estimate of drug-likeness (QED) is 0.117. The first-order chi connectivity index (χ1) is 31.7. The fourth-order valence-electron chi connectivity index (χ4n) is 11.4. The van der Waals surface area contributed by atoms with E-state index in [9.17, 15) is 19.2 Å². The fraction of sp³-hybridized carbons (Fsp3) is 0.569. The Bertz CT molecular complexity index is 2150. The van der Waals surface area contributed by atoms with Gasteiger partial charge >= 0.3 is 12.1 Å². The Hall–Kier alpha value is -5.54. The topological polar surface area (TPSA) is 181 Å². The van der Waals surface area contributed by atoms with E-state index in [-0.39, 0.29) is 84.6 Å². The van der Waals surface area contributed by atoms with Gasteiger partial charge in [-0.25, -0.2) is 14.8 Å². The monoisotopic (exact) mass is 906 g/mol. The number of alkyl carbamates (subject to hydrolysis) is 1. The molecule has 0 spiro atoms. The average molecular weight is 906 g/mol. The van der Waals surface area contributed by atoms with Gasteiger partial charge in [0.05, 0.1) is 86.8 Å². The summed E-state index contributed by atoms with van der Waals surface area (Å²) in [6.45, 7) is 12.2. The molecule has 15 heteroatoms. The Balaban J connectivity index is 0.936. The third-order valence-corrected chi connectivity index (χ3v) is 14.6. The molecular weight excluding hydrogens is 839 g/mol. The number of methoxy groups -OCH3 is 2. The van der Waals surface area contributed by atoms with Crippen LogP contribution in [0.25, 0.3) is 33.6 Å². The minimum atomic E-state index is -0.735. The second-order valence-corrected chi connectivity index (χ2v) is 19.4. The van der Waals surface area contributed by atoms with Crippen molar-refractivity contribution < 1.29 is 38.1 Å². The zero-order valence-corrected chi connectivity index (χ0v) is 39.6. The van der Waals surface area contributed by atoms with Gasteiger partial charge in [0.2, 0.25) is 11.8 Å². The Kier molecular flexibility index (Phi) is 14.3. The van der Waals surface area contributed by atoms with E-state index in [4.69, 9.17) is 28.9 Å². The number of carbonyl (C=O) groups excluding carboxylic acids is 4. The Morgan fingerprint density at radius 1 is 0.621 bits per heavy atom. The van der Waals surface area contributed by atoms with Crippen molar-refractivity contribution in [2.45, 2.75) is 154 Å². The molecule has 66 heavy (non-hydrogen) atoms. The van der Waals surface area contributed by atoms with Crippen molar-refractivity contribution in [2.75, 3.05) is 14.2 Å². The Morgan fingerprint density at radius 3 is 1.48 bits per heavy atom. The number of esters is 1. The number of aromatic nitrogens is 4. The van der Waals surface area contributed by atoms with Gasteiger partial charge in [0.1, 0.15) is 17.7 Å².